The van der Waals surface area contributed by atoms with Gasteiger partial charge in [0.1, 0.15) is 22.9 Å². The Morgan fingerprint density at radius 3 is 2.54 bits per heavy atom. The summed E-state index contributed by atoms with van der Waals surface area (Å²) in [6.45, 7) is 0.808. The molecular weight excluding hydrogens is 484 g/mol. The van der Waals surface area contributed by atoms with Gasteiger partial charge in [0.15, 0.2) is 4.96 Å². The summed E-state index contributed by atoms with van der Waals surface area (Å²) in [4.78, 5) is 18.3. The smallest absolute Gasteiger partial charge is 0.269 e. The topological polar surface area (TPSA) is 86.3 Å². The molecule has 0 saturated heterocycles. The number of ether oxygens (including phenoxy) is 1. The van der Waals surface area contributed by atoms with Gasteiger partial charge < -0.3 is 10.1 Å². The lowest BCUT2D eigenvalue weighted by atomic mass is 10.2. The molecule has 0 fully saturated rings. The molecule has 3 aromatic carbocycles. The fraction of sp³-hybridized carbons (Fsp3) is 0.0714. The second-order valence-corrected chi connectivity index (χ2v) is 9.25. The van der Waals surface area contributed by atoms with E-state index < -0.39 is 0 Å². The number of fused-ring (bicyclic) bond motifs is 1. The highest BCUT2D eigenvalue weighted by molar-refractivity contribution is 7.15. The molecule has 6 rings (SSSR count). The molecule has 0 aliphatic heterocycles. The van der Waals surface area contributed by atoms with Crippen LogP contribution in [-0.2, 0) is 13.1 Å². The van der Waals surface area contributed by atoms with Gasteiger partial charge in [-0.3, -0.25) is 9.20 Å². The molecule has 0 saturated carbocycles. The van der Waals surface area contributed by atoms with Crippen molar-refractivity contribution in [2.45, 2.75) is 13.1 Å². The Morgan fingerprint density at radius 1 is 0.919 bits per heavy atom. The summed E-state index contributed by atoms with van der Waals surface area (Å²) in [5.74, 6) is 1.35. The van der Waals surface area contributed by atoms with Crippen LogP contribution in [0.5, 0.6) is 11.5 Å². The lowest BCUT2D eigenvalue weighted by Crippen LogP contribution is -2.24. The van der Waals surface area contributed by atoms with E-state index >= 15 is 0 Å². The maximum atomic E-state index is 12.9. The molecule has 0 bridgehead atoms. The minimum Gasteiger partial charge on any atom is -0.457 e. The highest BCUT2D eigenvalue weighted by atomic mass is 32.1. The predicted octanol–water partition coefficient (Wildman–Crippen LogP) is 5.42. The average molecular weight is 507 g/mol. The maximum absolute atomic E-state index is 12.9. The van der Waals surface area contributed by atoms with Crippen molar-refractivity contribution in [3.63, 3.8) is 0 Å². The molecule has 1 amide bonds. The highest BCUT2D eigenvalue weighted by Crippen LogP contribution is 2.24. The van der Waals surface area contributed by atoms with Gasteiger partial charge in [-0.2, -0.15) is 0 Å². The van der Waals surface area contributed by atoms with Crippen LogP contribution < -0.4 is 10.1 Å². The summed E-state index contributed by atoms with van der Waals surface area (Å²) in [6, 6.07) is 27.4. The summed E-state index contributed by atoms with van der Waals surface area (Å²) in [6.07, 6.45) is 3.72. The Bertz CT molecular complexity index is 1660. The number of imidazole rings is 1. The van der Waals surface area contributed by atoms with Crippen LogP contribution >= 0.6 is 11.3 Å². The van der Waals surface area contributed by atoms with Gasteiger partial charge in [0.05, 0.1) is 25.0 Å². The van der Waals surface area contributed by atoms with Crippen LogP contribution in [-0.4, -0.2) is 30.3 Å². The number of benzene rings is 3. The molecule has 0 aliphatic rings. The van der Waals surface area contributed by atoms with Crippen molar-refractivity contribution in [3.05, 3.63) is 120 Å². The number of rotatable bonds is 8. The largest absolute Gasteiger partial charge is 0.457 e. The molecule has 9 heteroatoms. The van der Waals surface area contributed by atoms with Crippen molar-refractivity contribution in [1.29, 1.82) is 0 Å². The fourth-order valence-corrected chi connectivity index (χ4v) is 4.83. The summed E-state index contributed by atoms with van der Waals surface area (Å²) in [5, 5.41) is 13.2. The van der Waals surface area contributed by atoms with Gasteiger partial charge in [-0.05, 0) is 29.8 Å². The normalized spacial score (nSPS) is 11.0. The van der Waals surface area contributed by atoms with Crippen LogP contribution in [0.2, 0.25) is 0 Å². The molecule has 0 spiro atoms. The molecule has 0 aliphatic carbocycles. The van der Waals surface area contributed by atoms with Crippen molar-refractivity contribution in [2.24, 2.45) is 0 Å². The number of nitrogens with zero attached hydrogens (tertiary/aromatic N) is 5. The monoisotopic (exact) mass is 506 g/mol. The van der Waals surface area contributed by atoms with Crippen molar-refractivity contribution < 1.29 is 9.53 Å². The third-order valence-electron chi connectivity index (χ3n) is 5.75. The van der Waals surface area contributed by atoms with Crippen LogP contribution in [0.15, 0.2) is 103 Å². The van der Waals surface area contributed by atoms with Crippen molar-refractivity contribution in [2.75, 3.05) is 0 Å². The second kappa shape index (κ2) is 10.1. The van der Waals surface area contributed by atoms with Crippen LogP contribution in [0.1, 0.15) is 21.7 Å². The van der Waals surface area contributed by atoms with Gasteiger partial charge in [0.2, 0.25) is 0 Å². The molecule has 37 heavy (non-hydrogen) atoms. The van der Waals surface area contributed by atoms with E-state index in [1.54, 1.807) is 4.68 Å². The van der Waals surface area contributed by atoms with E-state index in [0.717, 1.165) is 33.3 Å². The van der Waals surface area contributed by atoms with Gasteiger partial charge in [-0.25, -0.2) is 9.67 Å². The zero-order chi connectivity index (χ0) is 25.0. The number of para-hydroxylation sites is 1. The third kappa shape index (κ3) is 5.12. The van der Waals surface area contributed by atoms with E-state index in [4.69, 9.17) is 4.74 Å². The number of amides is 1. The second-order valence-electron chi connectivity index (χ2n) is 8.42. The van der Waals surface area contributed by atoms with E-state index in [0.29, 0.717) is 17.9 Å². The quantitative estimate of drug-likeness (QED) is 0.298. The lowest BCUT2D eigenvalue weighted by molar-refractivity contribution is 0.0945. The summed E-state index contributed by atoms with van der Waals surface area (Å²) < 4.78 is 9.49. The fourth-order valence-electron chi connectivity index (χ4n) is 3.97. The van der Waals surface area contributed by atoms with Gasteiger partial charge in [0.25, 0.3) is 5.91 Å². The molecule has 3 aromatic heterocycles. The summed E-state index contributed by atoms with van der Waals surface area (Å²) >= 11 is 1.43. The first-order valence-corrected chi connectivity index (χ1v) is 12.6. The van der Waals surface area contributed by atoms with Crippen molar-refractivity contribution in [1.82, 2.24) is 29.7 Å². The molecule has 0 radical (unpaired) electrons. The van der Waals surface area contributed by atoms with Gasteiger partial charge in [-0.1, -0.05) is 65.9 Å². The van der Waals surface area contributed by atoms with E-state index in [1.807, 2.05) is 107 Å². The Kier molecular flexibility index (Phi) is 6.18. The minimum absolute atomic E-state index is 0.191. The van der Waals surface area contributed by atoms with Crippen LogP contribution in [0.4, 0.5) is 0 Å². The molecule has 182 valence electrons. The minimum atomic E-state index is -0.191. The summed E-state index contributed by atoms with van der Waals surface area (Å²) in [7, 11) is 0. The molecule has 0 atom stereocenters. The standard InChI is InChI=1S/C28H22N6O2S/c35-27(26-19-37-28-30-25(18-34(26)28)21-9-3-1-4-10-21)29-15-22-17-33(32-31-22)16-20-8-7-13-24(14-20)36-23-11-5-2-6-12-23/h1-14,17-19H,15-16H2,(H,29,35). The zero-order valence-corrected chi connectivity index (χ0v) is 20.5. The Morgan fingerprint density at radius 2 is 1.70 bits per heavy atom. The molecule has 6 aromatic rings. The Balaban J connectivity index is 1.09. The number of carbonyl (C=O) groups excluding carboxylic acids is 1. The van der Waals surface area contributed by atoms with Crippen LogP contribution in [0, 0.1) is 0 Å². The molecule has 8 nitrogen and oxygen atoms in total. The Hall–Kier alpha value is -4.76. The van der Waals surface area contributed by atoms with E-state index in [1.165, 1.54) is 11.3 Å². The van der Waals surface area contributed by atoms with Gasteiger partial charge in [0, 0.05) is 17.1 Å². The first-order chi connectivity index (χ1) is 18.2. The third-order valence-corrected chi connectivity index (χ3v) is 6.59. The molecule has 0 unspecified atom stereocenters. The van der Waals surface area contributed by atoms with Crippen molar-refractivity contribution in [3.8, 4) is 22.8 Å². The van der Waals surface area contributed by atoms with Crippen LogP contribution in [0.25, 0.3) is 16.2 Å². The number of hydrogen-bond acceptors (Lipinski definition) is 6. The van der Waals surface area contributed by atoms with Crippen LogP contribution in [0.3, 0.4) is 0 Å². The Labute approximate surface area is 216 Å². The number of carbonyl (C=O) groups is 1. The molecule has 3 heterocycles. The van der Waals surface area contributed by atoms with E-state index in [2.05, 4.69) is 20.6 Å². The zero-order valence-electron chi connectivity index (χ0n) is 19.7. The first kappa shape index (κ1) is 22.7. The number of nitrogens with one attached hydrogen (secondary N) is 1. The van der Waals surface area contributed by atoms with Gasteiger partial charge >= 0.3 is 0 Å². The molecule has 1 N–H and O–H groups in total. The maximum Gasteiger partial charge on any atom is 0.269 e. The SMILES string of the molecule is O=C(NCc1cn(Cc2cccc(Oc3ccccc3)c2)nn1)c1csc2nc(-c3ccccc3)cn12. The first-order valence-electron chi connectivity index (χ1n) is 11.7. The predicted molar refractivity (Wildman–Crippen MR) is 142 cm³/mol. The van der Waals surface area contributed by atoms with Crippen molar-refractivity contribution >= 4 is 22.2 Å². The highest BCUT2D eigenvalue weighted by Gasteiger charge is 2.15. The average Bonchev–Trinajstić information content (AvgIpc) is 3.65. The summed E-state index contributed by atoms with van der Waals surface area (Å²) in [5.41, 5.74) is 4.09. The number of aromatic nitrogens is 5. The lowest BCUT2D eigenvalue weighted by Gasteiger charge is -2.07. The molecular formula is C28H22N6O2S. The number of thiazole rings is 1. The van der Waals surface area contributed by atoms with E-state index in [-0.39, 0.29) is 12.5 Å². The van der Waals surface area contributed by atoms with Gasteiger partial charge in [-0.15, -0.1) is 16.4 Å². The van der Waals surface area contributed by atoms with E-state index in [9.17, 15) is 4.79 Å². The number of hydrogen-bond donors (Lipinski definition) is 1.